The van der Waals surface area contributed by atoms with Gasteiger partial charge in [-0.3, -0.25) is 0 Å². The van der Waals surface area contributed by atoms with Crippen LogP contribution in [0.15, 0.2) is 78.9 Å². The van der Waals surface area contributed by atoms with Crippen molar-refractivity contribution in [2.45, 2.75) is 65.2 Å². The number of esters is 1. The van der Waals surface area contributed by atoms with Gasteiger partial charge in [0.05, 0.1) is 5.56 Å². The van der Waals surface area contributed by atoms with Crippen molar-refractivity contribution >= 4 is 5.97 Å². The predicted molar refractivity (Wildman–Crippen MR) is 152 cm³/mol. The highest BCUT2D eigenvalue weighted by Crippen LogP contribution is 2.29. The third kappa shape index (κ3) is 6.63. The number of aromatic nitrogens is 2. The summed E-state index contributed by atoms with van der Waals surface area (Å²) in [6.45, 7) is 8.13. The molecule has 0 aliphatic heterocycles. The number of unbranched alkanes of at least 4 members (excludes halogenated alkanes) is 1. The van der Waals surface area contributed by atoms with Crippen molar-refractivity contribution in [3.8, 4) is 17.2 Å². The van der Waals surface area contributed by atoms with Crippen LogP contribution < -0.4 is 0 Å². The maximum atomic E-state index is 12.8. The molecule has 0 aliphatic carbocycles. The average Bonchev–Trinajstić information content (AvgIpc) is 3.28. The fraction of sp³-hybridized carbons (Fsp3) is 0.303. The number of hydrogen-bond acceptors (Lipinski definition) is 5. The zero-order chi connectivity index (χ0) is 28.0. The molecule has 1 unspecified atom stereocenters. The van der Waals surface area contributed by atoms with Crippen LogP contribution in [0.1, 0.15) is 85.3 Å². The first-order valence-corrected chi connectivity index (χ1v) is 13.4. The number of hydrogen-bond donors (Lipinski definition) is 1. The Morgan fingerprint density at radius 1 is 1.03 bits per heavy atom. The molecule has 3 aromatic carbocycles. The second-order valence-corrected chi connectivity index (χ2v) is 10.6. The van der Waals surface area contributed by atoms with Crippen LogP contribution in [0.3, 0.4) is 0 Å². The lowest BCUT2D eigenvalue weighted by Crippen LogP contribution is -2.24. The lowest BCUT2D eigenvalue weighted by atomic mass is 9.98. The normalized spacial score (nSPS) is 12.1. The predicted octanol–water partition coefficient (Wildman–Crippen LogP) is 6.85. The van der Waals surface area contributed by atoms with E-state index in [2.05, 4.69) is 13.0 Å². The van der Waals surface area contributed by atoms with Crippen molar-refractivity contribution in [2.75, 3.05) is 0 Å². The molecule has 0 spiro atoms. The molecule has 1 aromatic heterocycles. The number of aliphatic hydroxyl groups is 1. The first-order valence-electron chi connectivity index (χ1n) is 13.4. The summed E-state index contributed by atoms with van der Waals surface area (Å²) >= 11 is 0. The summed E-state index contributed by atoms with van der Waals surface area (Å²) < 4.78 is 7.53. The number of benzene rings is 3. The van der Waals surface area contributed by atoms with Gasteiger partial charge in [0.2, 0.25) is 0 Å². The molecule has 4 rings (SSSR count). The van der Waals surface area contributed by atoms with Crippen LogP contribution in [0.2, 0.25) is 0 Å². The number of rotatable bonds is 9. The highest BCUT2D eigenvalue weighted by Gasteiger charge is 2.24. The van der Waals surface area contributed by atoms with Crippen molar-refractivity contribution in [1.29, 1.82) is 5.26 Å². The molecule has 4 aromatic rings. The van der Waals surface area contributed by atoms with E-state index in [4.69, 9.17) is 9.72 Å². The van der Waals surface area contributed by atoms with Crippen LogP contribution in [-0.2, 0) is 17.7 Å². The number of carbonyl (C=O) groups excluding carboxylic acids is 1. The summed E-state index contributed by atoms with van der Waals surface area (Å²) in [5, 5.41) is 21.2. The van der Waals surface area contributed by atoms with Crippen molar-refractivity contribution in [3.05, 3.63) is 113 Å². The first-order chi connectivity index (χ1) is 18.7. The molecule has 6 heteroatoms. The van der Waals surface area contributed by atoms with Gasteiger partial charge in [-0.15, -0.1) is 0 Å². The summed E-state index contributed by atoms with van der Waals surface area (Å²) in [6, 6.07) is 27.0. The van der Waals surface area contributed by atoms with Gasteiger partial charge in [0.15, 0.2) is 0 Å². The van der Waals surface area contributed by atoms with Gasteiger partial charge in [-0.25, -0.2) is 9.78 Å². The topological polar surface area (TPSA) is 88.1 Å². The Morgan fingerprint density at radius 3 is 2.33 bits per heavy atom. The van der Waals surface area contributed by atoms with E-state index in [9.17, 15) is 15.2 Å². The highest BCUT2D eigenvalue weighted by molar-refractivity contribution is 5.97. The number of aryl methyl sites for hydroxylation is 1. The molecule has 0 radical (unpaired) electrons. The lowest BCUT2D eigenvalue weighted by Gasteiger charge is -2.20. The summed E-state index contributed by atoms with van der Waals surface area (Å²) in [5.41, 5.74) is 4.08. The van der Waals surface area contributed by atoms with E-state index in [0.717, 1.165) is 35.4 Å². The van der Waals surface area contributed by atoms with Crippen LogP contribution in [-0.4, -0.2) is 26.2 Å². The fourth-order valence-electron chi connectivity index (χ4n) is 4.54. The zero-order valence-electron chi connectivity index (χ0n) is 23.0. The number of imidazole rings is 1. The third-order valence-electron chi connectivity index (χ3n) is 6.46. The maximum Gasteiger partial charge on any atom is 0.339 e. The Balaban J connectivity index is 1.65. The second kappa shape index (κ2) is 12.1. The van der Waals surface area contributed by atoms with Crippen LogP contribution in [0.5, 0.6) is 0 Å². The average molecular weight is 522 g/mol. The molecule has 1 atom stereocenters. The lowest BCUT2D eigenvalue weighted by molar-refractivity contribution is 0.00704. The molecule has 0 amide bonds. The summed E-state index contributed by atoms with van der Waals surface area (Å²) in [4.78, 5) is 17.6. The highest BCUT2D eigenvalue weighted by atomic mass is 16.6. The molecular weight excluding hydrogens is 486 g/mol. The Bertz CT molecular complexity index is 1460. The molecule has 1 N–H and O–H groups in total. The Labute approximate surface area is 230 Å². The molecule has 39 heavy (non-hydrogen) atoms. The van der Waals surface area contributed by atoms with Gasteiger partial charge in [0.25, 0.3) is 0 Å². The molecular formula is C33H35N3O3. The van der Waals surface area contributed by atoms with Crippen molar-refractivity contribution in [3.63, 3.8) is 0 Å². The van der Waals surface area contributed by atoms with Crippen LogP contribution >= 0.6 is 0 Å². The Morgan fingerprint density at radius 2 is 1.69 bits per heavy atom. The summed E-state index contributed by atoms with van der Waals surface area (Å²) in [7, 11) is 0. The molecule has 200 valence electrons. The van der Waals surface area contributed by atoms with Crippen LogP contribution in [0.25, 0.3) is 11.1 Å². The Hall–Kier alpha value is -4.21. The van der Waals surface area contributed by atoms with E-state index < -0.39 is 11.7 Å². The molecule has 6 nitrogen and oxygen atoms in total. The van der Waals surface area contributed by atoms with Crippen molar-refractivity contribution in [1.82, 2.24) is 9.55 Å². The Kier molecular flexibility index (Phi) is 8.63. The van der Waals surface area contributed by atoms with Gasteiger partial charge in [0.1, 0.15) is 35.0 Å². The quantitative estimate of drug-likeness (QED) is 0.243. The SMILES string of the molecule is CCCCc1nc(C(O)c2ccccc2)c(C#N)n1Cc1ccc(-c2ccccc2C(=O)OC(C)(C)C)cc1. The third-order valence-corrected chi connectivity index (χ3v) is 6.46. The van der Waals surface area contributed by atoms with E-state index in [1.165, 1.54) is 0 Å². The molecule has 0 bridgehead atoms. The largest absolute Gasteiger partial charge is 0.456 e. The standard InChI is InChI=1S/C33H35N3O3/c1-5-6-16-29-35-30(31(37)25-12-8-7-9-13-25)28(21-34)36(29)22-23-17-19-24(20-18-23)26-14-10-11-15-27(26)32(38)39-33(2,3)4/h7-15,17-20,31,37H,5-6,16,22H2,1-4H3. The van der Waals surface area contributed by atoms with Gasteiger partial charge >= 0.3 is 5.97 Å². The van der Waals surface area contributed by atoms with Gasteiger partial charge in [-0.05, 0) is 55.5 Å². The summed E-state index contributed by atoms with van der Waals surface area (Å²) in [6.07, 6.45) is 1.67. The van der Waals surface area contributed by atoms with Crippen LogP contribution in [0.4, 0.5) is 0 Å². The minimum atomic E-state index is -0.978. The number of ether oxygens (including phenoxy) is 1. The smallest absolute Gasteiger partial charge is 0.339 e. The monoisotopic (exact) mass is 521 g/mol. The second-order valence-electron chi connectivity index (χ2n) is 10.6. The number of nitrogens with zero attached hydrogens (tertiary/aromatic N) is 3. The molecule has 1 heterocycles. The number of carbonyl (C=O) groups is 1. The molecule has 0 saturated carbocycles. The van der Waals surface area contributed by atoms with Gasteiger partial charge in [0, 0.05) is 13.0 Å². The molecule has 0 saturated heterocycles. The zero-order valence-corrected chi connectivity index (χ0v) is 23.0. The van der Waals surface area contributed by atoms with E-state index in [1.54, 1.807) is 6.07 Å². The first kappa shape index (κ1) is 27.8. The van der Waals surface area contributed by atoms with E-state index in [0.29, 0.717) is 35.5 Å². The minimum Gasteiger partial charge on any atom is -0.456 e. The summed E-state index contributed by atoms with van der Waals surface area (Å²) in [5.74, 6) is 0.432. The van der Waals surface area contributed by atoms with Gasteiger partial charge in [-0.1, -0.05) is 86.1 Å². The van der Waals surface area contributed by atoms with E-state index in [1.807, 2.05) is 98.1 Å². The van der Waals surface area contributed by atoms with E-state index >= 15 is 0 Å². The fourth-order valence-corrected chi connectivity index (χ4v) is 4.54. The van der Waals surface area contributed by atoms with Crippen molar-refractivity contribution < 1.29 is 14.6 Å². The van der Waals surface area contributed by atoms with E-state index in [-0.39, 0.29) is 5.97 Å². The van der Waals surface area contributed by atoms with Crippen molar-refractivity contribution in [2.24, 2.45) is 0 Å². The van der Waals surface area contributed by atoms with Gasteiger partial charge < -0.3 is 14.4 Å². The maximum absolute atomic E-state index is 12.8. The number of aliphatic hydroxyl groups excluding tert-OH is 1. The van der Waals surface area contributed by atoms with Gasteiger partial charge in [-0.2, -0.15) is 5.26 Å². The number of nitriles is 1. The molecule has 0 aliphatic rings. The minimum absolute atomic E-state index is 0.357. The molecule has 0 fully saturated rings. The van der Waals surface area contributed by atoms with Crippen LogP contribution in [0, 0.1) is 11.3 Å².